The molecular weight excluding hydrogens is 686 g/mol. The van der Waals surface area contributed by atoms with Crippen LogP contribution in [0.2, 0.25) is 0 Å². The lowest BCUT2D eigenvalue weighted by Crippen LogP contribution is -2.45. The Balaban J connectivity index is 1.10. The first-order valence-electron chi connectivity index (χ1n) is 19.0. The van der Waals surface area contributed by atoms with Crippen LogP contribution in [0.25, 0.3) is 6.08 Å². The second-order valence-electron chi connectivity index (χ2n) is 15.6. The standard InChI is InChI=1S/C44H49NO9/c1-43(2,3)53-39(47)23-21-34(27-46)45-41(48)31-25-37(51-42(49)30-19-16-28(17-20-30)14-15-29-18-22-35-36(24-29)50-35)40-38(26-31)52-44(54-40,32-10-6-4-7-11-32)33-12-8-5-9-13-33/h4-17,19-20,26,29,34-38,40,46H,18,21-25,27H2,1-3H3,(H,45,48)/t29?,34-,35?,36?,37+,38+,40-/m0/s1. The van der Waals surface area contributed by atoms with E-state index in [1.54, 1.807) is 39.0 Å². The number of fused-ring (bicyclic) bond motifs is 2. The van der Waals surface area contributed by atoms with Gasteiger partial charge >= 0.3 is 11.9 Å². The van der Waals surface area contributed by atoms with Crippen molar-refractivity contribution in [3.05, 3.63) is 125 Å². The first-order chi connectivity index (χ1) is 26.0. The molecule has 0 spiro atoms. The molecule has 7 rings (SSSR count). The number of benzene rings is 3. The van der Waals surface area contributed by atoms with Gasteiger partial charge in [-0.2, -0.15) is 0 Å². The smallest absolute Gasteiger partial charge is 0.338 e. The lowest BCUT2D eigenvalue weighted by Gasteiger charge is -2.31. The number of aliphatic hydroxyl groups is 1. The van der Waals surface area contributed by atoms with Crippen molar-refractivity contribution in [1.82, 2.24) is 5.32 Å². The van der Waals surface area contributed by atoms with Crippen LogP contribution in [0.1, 0.15) is 86.3 Å². The zero-order chi connectivity index (χ0) is 37.9. The Morgan fingerprint density at radius 1 is 0.926 bits per heavy atom. The largest absolute Gasteiger partial charge is 0.460 e. The molecule has 2 aliphatic heterocycles. The second kappa shape index (κ2) is 16.0. The molecule has 2 aliphatic carbocycles. The highest BCUT2D eigenvalue weighted by Crippen LogP contribution is 2.47. The fraction of sp³-hybridized carbons (Fsp3) is 0.432. The molecule has 284 valence electrons. The lowest BCUT2D eigenvalue weighted by molar-refractivity contribution is -0.157. The Bertz CT molecular complexity index is 1810. The molecule has 0 aromatic heterocycles. The number of allylic oxidation sites excluding steroid dienone is 1. The molecule has 3 unspecified atom stereocenters. The van der Waals surface area contributed by atoms with Gasteiger partial charge in [-0.1, -0.05) is 84.9 Å². The molecule has 10 nitrogen and oxygen atoms in total. The molecule has 2 saturated heterocycles. The van der Waals surface area contributed by atoms with Crippen LogP contribution in [0.5, 0.6) is 0 Å². The fourth-order valence-corrected chi connectivity index (χ4v) is 7.56. The highest BCUT2D eigenvalue weighted by Gasteiger charge is 2.55. The zero-order valence-corrected chi connectivity index (χ0v) is 31.0. The number of ether oxygens (including phenoxy) is 5. The number of carbonyl (C=O) groups is 3. The summed E-state index contributed by atoms with van der Waals surface area (Å²) in [4.78, 5) is 39.9. The molecule has 7 atom stereocenters. The third-order valence-electron chi connectivity index (χ3n) is 10.4. The molecule has 54 heavy (non-hydrogen) atoms. The third kappa shape index (κ3) is 8.84. The van der Waals surface area contributed by atoms with Crippen molar-refractivity contribution in [3.63, 3.8) is 0 Å². The summed E-state index contributed by atoms with van der Waals surface area (Å²) in [5.41, 5.74) is 2.52. The summed E-state index contributed by atoms with van der Waals surface area (Å²) in [7, 11) is 0. The molecule has 2 N–H and O–H groups in total. The van der Waals surface area contributed by atoms with Gasteiger partial charge in [0.05, 0.1) is 30.4 Å². The van der Waals surface area contributed by atoms with Crippen molar-refractivity contribution in [2.75, 3.05) is 6.61 Å². The minimum absolute atomic E-state index is 0.0192. The van der Waals surface area contributed by atoms with Gasteiger partial charge in [0, 0.05) is 29.5 Å². The van der Waals surface area contributed by atoms with Crippen molar-refractivity contribution in [2.24, 2.45) is 5.92 Å². The topological polar surface area (TPSA) is 133 Å². The van der Waals surface area contributed by atoms with E-state index in [1.807, 2.05) is 72.8 Å². The predicted molar refractivity (Wildman–Crippen MR) is 201 cm³/mol. The predicted octanol–water partition coefficient (Wildman–Crippen LogP) is 6.41. The van der Waals surface area contributed by atoms with Crippen LogP contribution in [0.15, 0.2) is 103 Å². The minimum Gasteiger partial charge on any atom is -0.460 e. The Morgan fingerprint density at radius 3 is 2.24 bits per heavy atom. The van der Waals surface area contributed by atoms with Gasteiger partial charge in [-0.25, -0.2) is 4.79 Å². The van der Waals surface area contributed by atoms with Crippen molar-refractivity contribution >= 4 is 23.9 Å². The van der Waals surface area contributed by atoms with E-state index in [0.717, 1.165) is 36.0 Å². The fourth-order valence-electron chi connectivity index (χ4n) is 7.56. The number of aliphatic hydroxyl groups excluding tert-OH is 1. The maximum absolute atomic E-state index is 13.8. The summed E-state index contributed by atoms with van der Waals surface area (Å²) < 4.78 is 30.9. The number of rotatable bonds is 12. The molecule has 0 bridgehead atoms. The maximum Gasteiger partial charge on any atom is 0.338 e. The SMILES string of the molecule is CC(C)(C)OC(=O)CC[C@@H](CO)NC(=O)C1=C[C@H]2OC(c3ccccc3)(c3ccccc3)O[C@H]2[C@H](OC(=O)c2ccc(C=CC3CCC4OC4C3)cc2)C1. The number of nitrogens with one attached hydrogen (secondary N) is 1. The van der Waals surface area contributed by atoms with E-state index in [9.17, 15) is 19.5 Å². The summed E-state index contributed by atoms with van der Waals surface area (Å²) in [6, 6.07) is 25.7. The van der Waals surface area contributed by atoms with E-state index in [1.165, 1.54) is 0 Å². The van der Waals surface area contributed by atoms with Crippen molar-refractivity contribution in [1.29, 1.82) is 0 Å². The van der Waals surface area contributed by atoms with E-state index in [0.29, 0.717) is 29.3 Å². The summed E-state index contributed by atoms with van der Waals surface area (Å²) in [5.74, 6) is -2.29. The van der Waals surface area contributed by atoms with Crippen molar-refractivity contribution in [2.45, 2.75) is 107 Å². The van der Waals surface area contributed by atoms with Gasteiger partial charge in [-0.05, 0) is 76.1 Å². The van der Waals surface area contributed by atoms with Crippen LogP contribution in [0.4, 0.5) is 0 Å². The van der Waals surface area contributed by atoms with E-state index in [2.05, 4.69) is 17.5 Å². The molecule has 10 heteroatoms. The van der Waals surface area contributed by atoms with Crippen LogP contribution in [0, 0.1) is 5.92 Å². The molecule has 4 aliphatic rings. The van der Waals surface area contributed by atoms with Gasteiger partial charge in [-0.3, -0.25) is 9.59 Å². The van der Waals surface area contributed by atoms with Gasteiger partial charge in [-0.15, -0.1) is 0 Å². The number of esters is 2. The lowest BCUT2D eigenvalue weighted by atomic mass is 9.89. The monoisotopic (exact) mass is 735 g/mol. The molecule has 1 saturated carbocycles. The summed E-state index contributed by atoms with van der Waals surface area (Å²) >= 11 is 0. The Hall–Kier alpha value is -4.61. The van der Waals surface area contributed by atoms with E-state index < -0.39 is 53.6 Å². The maximum atomic E-state index is 13.8. The molecule has 3 aromatic carbocycles. The van der Waals surface area contributed by atoms with Crippen molar-refractivity contribution < 1.29 is 43.2 Å². The van der Waals surface area contributed by atoms with Crippen LogP contribution >= 0.6 is 0 Å². The number of hydrogen-bond donors (Lipinski definition) is 2. The highest BCUT2D eigenvalue weighted by atomic mass is 16.8. The van der Waals surface area contributed by atoms with Gasteiger partial charge in [0.2, 0.25) is 11.7 Å². The number of amides is 1. The average Bonchev–Trinajstić information content (AvgIpc) is 3.84. The van der Waals surface area contributed by atoms with Gasteiger partial charge in [0.25, 0.3) is 0 Å². The first-order valence-corrected chi connectivity index (χ1v) is 19.0. The van der Waals surface area contributed by atoms with Gasteiger partial charge in [0.1, 0.15) is 23.9 Å². The third-order valence-corrected chi connectivity index (χ3v) is 10.4. The van der Waals surface area contributed by atoms with Crippen LogP contribution in [-0.4, -0.2) is 71.7 Å². The van der Waals surface area contributed by atoms with Crippen LogP contribution in [-0.2, 0) is 39.1 Å². The Morgan fingerprint density at radius 2 is 1.61 bits per heavy atom. The van der Waals surface area contributed by atoms with Crippen LogP contribution < -0.4 is 5.32 Å². The molecular formula is C44H49NO9. The number of epoxide rings is 1. The molecule has 1 amide bonds. The van der Waals surface area contributed by atoms with E-state index in [4.69, 9.17) is 23.7 Å². The molecule has 3 aromatic rings. The minimum atomic E-state index is -1.34. The second-order valence-corrected chi connectivity index (χ2v) is 15.6. The summed E-state index contributed by atoms with van der Waals surface area (Å²) in [5, 5.41) is 13.0. The molecule has 3 fully saturated rings. The van der Waals surface area contributed by atoms with Gasteiger partial charge < -0.3 is 34.1 Å². The first kappa shape index (κ1) is 37.7. The summed E-state index contributed by atoms with van der Waals surface area (Å²) in [6.45, 7) is 4.97. The van der Waals surface area contributed by atoms with E-state index >= 15 is 0 Å². The van der Waals surface area contributed by atoms with Gasteiger partial charge in [0.15, 0.2) is 0 Å². The average molecular weight is 736 g/mol. The number of carbonyl (C=O) groups excluding carboxylic acids is 3. The highest BCUT2D eigenvalue weighted by molar-refractivity contribution is 5.94. The molecule has 0 radical (unpaired) electrons. The Labute approximate surface area is 316 Å². The Kier molecular flexibility index (Phi) is 11.2. The summed E-state index contributed by atoms with van der Waals surface area (Å²) in [6.07, 6.45) is 8.01. The molecule has 2 heterocycles. The van der Waals surface area contributed by atoms with Crippen LogP contribution in [0.3, 0.4) is 0 Å². The van der Waals surface area contributed by atoms with E-state index in [-0.39, 0.29) is 25.9 Å². The quantitative estimate of drug-likeness (QED) is 0.160. The number of hydrogen-bond acceptors (Lipinski definition) is 9. The van der Waals surface area contributed by atoms with Crippen molar-refractivity contribution in [3.8, 4) is 0 Å². The normalized spacial score (nSPS) is 26.2. The zero-order valence-electron chi connectivity index (χ0n) is 31.0.